The zero-order valence-corrected chi connectivity index (χ0v) is 12.9. The van der Waals surface area contributed by atoms with Crippen LogP contribution in [0.5, 0.6) is 0 Å². The standard InChI is InChI=1S/C17H19ClN2/c1-6-14(15-8-7-13(4)20-11-15)9-16(12(2)3)10-17(18)19-5/h6-11H,1-2H2,3-5H3/b14-9+,16-10-,19-17?. The molecule has 0 spiro atoms. The summed E-state index contributed by atoms with van der Waals surface area (Å²) in [5.41, 5.74) is 4.77. The van der Waals surface area contributed by atoms with Crippen LogP contribution in [0.25, 0.3) is 5.57 Å². The fraction of sp³-hybridized carbons (Fsp3) is 0.176. The minimum absolute atomic E-state index is 0.435. The first kappa shape index (κ1) is 16.1. The zero-order valence-electron chi connectivity index (χ0n) is 12.2. The van der Waals surface area contributed by atoms with Gasteiger partial charge in [-0.2, -0.15) is 0 Å². The normalized spacial score (nSPS) is 13.3. The van der Waals surface area contributed by atoms with Crippen LogP contribution in [-0.2, 0) is 0 Å². The SMILES string of the molecule is C=C/C(=C\C(=C\C(Cl)=NC)C(=C)C)c1ccc(C)nc1. The number of rotatable bonds is 5. The van der Waals surface area contributed by atoms with Crippen LogP contribution in [0.2, 0.25) is 0 Å². The van der Waals surface area contributed by atoms with Gasteiger partial charge in [0.15, 0.2) is 0 Å². The van der Waals surface area contributed by atoms with Crippen LogP contribution in [0.4, 0.5) is 0 Å². The van der Waals surface area contributed by atoms with Crippen LogP contribution in [0.1, 0.15) is 18.2 Å². The third-order valence-electron chi connectivity index (χ3n) is 2.76. The van der Waals surface area contributed by atoms with Crippen LogP contribution >= 0.6 is 11.6 Å². The summed E-state index contributed by atoms with van der Waals surface area (Å²) >= 11 is 5.96. The molecule has 0 saturated heterocycles. The molecule has 0 N–H and O–H groups in total. The van der Waals surface area contributed by atoms with Crippen molar-refractivity contribution >= 4 is 22.3 Å². The van der Waals surface area contributed by atoms with E-state index in [-0.39, 0.29) is 0 Å². The second-order valence-corrected chi connectivity index (χ2v) is 4.81. The van der Waals surface area contributed by atoms with Gasteiger partial charge in [0.25, 0.3) is 0 Å². The van der Waals surface area contributed by atoms with Gasteiger partial charge in [0.05, 0.1) is 0 Å². The van der Waals surface area contributed by atoms with Gasteiger partial charge in [0.1, 0.15) is 5.17 Å². The van der Waals surface area contributed by atoms with E-state index >= 15 is 0 Å². The van der Waals surface area contributed by atoms with E-state index in [1.165, 1.54) is 0 Å². The topological polar surface area (TPSA) is 25.2 Å². The molecule has 0 radical (unpaired) electrons. The Kier molecular flexibility index (Phi) is 6.13. The second-order valence-electron chi connectivity index (χ2n) is 4.42. The molecule has 0 saturated carbocycles. The van der Waals surface area contributed by atoms with Gasteiger partial charge >= 0.3 is 0 Å². The van der Waals surface area contributed by atoms with E-state index in [0.717, 1.165) is 28.0 Å². The minimum atomic E-state index is 0.435. The molecule has 0 unspecified atom stereocenters. The molecule has 1 aromatic heterocycles. The molecule has 0 atom stereocenters. The highest BCUT2D eigenvalue weighted by atomic mass is 35.5. The van der Waals surface area contributed by atoms with E-state index in [1.807, 2.05) is 38.3 Å². The maximum absolute atomic E-state index is 5.96. The third kappa shape index (κ3) is 4.63. The summed E-state index contributed by atoms with van der Waals surface area (Å²) in [6.45, 7) is 11.7. The van der Waals surface area contributed by atoms with E-state index in [1.54, 1.807) is 19.2 Å². The van der Waals surface area contributed by atoms with Crippen molar-refractivity contribution in [2.75, 3.05) is 7.05 Å². The van der Waals surface area contributed by atoms with E-state index in [2.05, 4.69) is 23.1 Å². The van der Waals surface area contributed by atoms with Gasteiger partial charge in [0, 0.05) is 24.5 Å². The fourth-order valence-corrected chi connectivity index (χ4v) is 1.66. The molecule has 3 heteroatoms. The predicted molar refractivity (Wildman–Crippen MR) is 89.3 cm³/mol. The van der Waals surface area contributed by atoms with Crippen molar-refractivity contribution in [3.63, 3.8) is 0 Å². The van der Waals surface area contributed by atoms with Crippen molar-refractivity contribution in [1.82, 2.24) is 4.98 Å². The van der Waals surface area contributed by atoms with Crippen molar-refractivity contribution in [1.29, 1.82) is 0 Å². The maximum Gasteiger partial charge on any atom is 0.123 e. The Balaban J connectivity index is 3.26. The molecule has 20 heavy (non-hydrogen) atoms. The van der Waals surface area contributed by atoms with E-state index in [9.17, 15) is 0 Å². The van der Waals surface area contributed by atoms with Crippen molar-refractivity contribution in [2.45, 2.75) is 13.8 Å². The van der Waals surface area contributed by atoms with Crippen LogP contribution in [0.3, 0.4) is 0 Å². The van der Waals surface area contributed by atoms with Gasteiger partial charge in [-0.15, -0.1) is 0 Å². The lowest BCUT2D eigenvalue weighted by Crippen LogP contribution is -1.90. The molecular weight excluding hydrogens is 268 g/mol. The lowest BCUT2D eigenvalue weighted by atomic mass is 10.0. The number of aromatic nitrogens is 1. The number of halogens is 1. The number of allylic oxidation sites excluding steroid dienone is 6. The highest BCUT2D eigenvalue weighted by Gasteiger charge is 2.02. The van der Waals surface area contributed by atoms with Gasteiger partial charge < -0.3 is 0 Å². The summed E-state index contributed by atoms with van der Waals surface area (Å²) in [5.74, 6) is 0. The minimum Gasteiger partial charge on any atom is -0.277 e. The van der Waals surface area contributed by atoms with E-state index < -0.39 is 0 Å². The molecule has 0 aromatic carbocycles. The number of hydrogen-bond acceptors (Lipinski definition) is 2. The fourth-order valence-electron chi connectivity index (χ4n) is 1.55. The van der Waals surface area contributed by atoms with Crippen LogP contribution in [0, 0.1) is 6.92 Å². The van der Waals surface area contributed by atoms with Crippen LogP contribution < -0.4 is 0 Å². The Morgan fingerprint density at radius 3 is 2.50 bits per heavy atom. The second kappa shape index (κ2) is 7.61. The Morgan fingerprint density at radius 2 is 2.05 bits per heavy atom. The van der Waals surface area contributed by atoms with Crippen molar-refractivity contribution in [3.05, 3.63) is 72.1 Å². The summed E-state index contributed by atoms with van der Waals surface area (Å²) in [6, 6.07) is 3.98. The smallest absolute Gasteiger partial charge is 0.123 e. The summed E-state index contributed by atoms with van der Waals surface area (Å²) in [5, 5.41) is 0.435. The van der Waals surface area contributed by atoms with Gasteiger partial charge in [-0.1, -0.05) is 42.5 Å². The number of nitrogens with zero attached hydrogens (tertiary/aromatic N) is 2. The summed E-state index contributed by atoms with van der Waals surface area (Å²) < 4.78 is 0. The largest absolute Gasteiger partial charge is 0.277 e. The molecule has 0 bridgehead atoms. The molecular formula is C17H19ClN2. The molecule has 1 aromatic rings. The van der Waals surface area contributed by atoms with Crippen molar-refractivity contribution in [3.8, 4) is 0 Å². The molecule has 2 nitrogen and oxygen atoms in total. The molecule has 104 valence electrons. The van der Waals surface area contributed by atoms with E-state index in [4.69, 9.17) is 11.6 Å². The third-order valence-corrected chi connectivity index (χ3v) is 3.03. The average molecular weight is 287 g/mol. The molecule has 1 rings (SSSR count). The molecule has 0 aliphatic heterocycles. The summed E-state index contributed by atoms with van der Waals surface area (Å²) in [4.78, 5) is 8.22. The van der Waals surface area contributed by atoms with Crippen LogP contribution in [-0.4, -0.2) is 17.2 Å². The van der Waals surface area contributed by atoms with Crippen molar-refractivity contribution < 1.29 is 0 Å². The van der Waals surface area contributed by atoms with Gasteiger partial charge in [-0.25, -0.2) is 0 Å². The monoisotopic (exact) mass is 286 g/mol. The van der Waals surface area contributed by atoms with Crippen LogP contribution in [0.15, 0.2) is 65.9 Å². The Morgan fingerprint density at radius 1 is 1.35 bits per heavy atom. The highest BCUT2D eigenvalue weighted by molar-refractivity contribution is 6.68. The maximum atomic E-state index is 5.96. The van der Waals surface area contributed by atoms with E-state index in [0.29, 0.717) is 5.17 Å². The zero-order chi connectivity index (χ0) is 15.1. The Hall–Kier alpha value is -1.93. The number of aliphatic imine (C=N–C) groups is 1. The van der Waals surface area contributed by atoms with Gasteiger partial charge in [-0.3, -0.25) is 9.98 Å². The highest BCUT2D eigenvalue weighted by Crippen LogP contribution is 2.20. The predicted octanol–water partition coefficient (Wildman–Crippen LogP) is 4.73. The average Bonchev–Trinajstić information content (AvgIpc) is 2.44. The first-order valence-corrected chi connectivity index (χ1v) is 6.62. The molecule has 0 aliphatic carbocycles. The number of hydrogen-bond donors (Lipinski definition) is 0. The molecule has 1 heterocycles. The van der Waals surface area contributed by atoms with Crippen molar-refractivity contribution in [2.24, 2.45) is 4.99 Å². The summed E-state index contributed by atoms with van der Waals surface area (Å²) in [7, 11) is 1.65. The Bertz CT molecular complexity index is 590. The Labute approximate surface area is 125 Å². The number of pyridine rings is 1. The van der Waals surface area contributed by atoms with Gasteiger partial charge in [-0.05, 0) is 43.2 Å². The first-order valence-electron chi connectivity index (χ1n) is 6.25. The number of aryl methyl sites for hydroxylation is 1. The lowest BCUT2D eigenvalue weighted by molar-refractivity contribution is 1.19. The lowest BCUT2D eigenvalue weighted by Gasteiger charge is -2.06. The van der Waals surface area contributed by atoms with Gasteiger partial charge in [0.2, 0.25) is 0 Å². The quantitative estimate of drug-likeness (QED) is 0.567. The summed E-state index contributed by atoms with van der Waals surface area (Å²) in [6.07, 6.45) is 7.39. The molecule has 0 aliphatic rings. The first-order chi connectivity index (χ1) is 9.47. The molecule has 0 amide bonds. The molecule has 0 fully saturated rings.